The molecule has 2 heterocycles. The first-order valence-corrected chi connectivity index (χ1v) is 13.2. The maximum absolute atomic E-state index is 11.6. The Labute approximate surface area is 233 Å². The van der Waals surface area contributed by atoms with E-state index in [1.807, 2.05) is 80.6 Å². The van der Waals surface area contributed by atoms with E-state index in [1.54, 1.807) is 20.1 Å². The van der Waals surface area contributed by atoms with Gasteiger partial charge in [-0.3, -0.25) is 4.90 Å². The van der Waals surface area contributed by atoms with Gasteiger partial charge in [-0.2, -0.15) is 0 Å². The molecule has 40 heavy (non-hydrogen) atoms. The largest absolute Gasteiger partial charge is 0.478 e. The highest BCUT2D eigenvalue weighted by Gasteiger charge is 2.31. The molecule has 8 nitrogen and oxygen atoms in total. The van der Waals surface area contributed by atoms with Gasteiger partial charge in [0.2, 0.25) is 11.8 Å². The van der Waals surface area contributed by atoms with Crippen LogP contribution in [0, 0.1) is 13.8 Å². The first kappa shape index (κ1) is 27.1. The quantitative estimate of drug-likeness (QED) is 0.200. The number of aromatic nitrogens is 2. The van der Waals surface area contributed by atoms with Crippen molar-refractivity contribution < 1.29 is 23.5 Å². The summed E-state index contributed by atoms with van der Waals surface area (Å²) < 4.78 is 17.8. The van der Waals surface area contributed by atoms with Gasteiger partial charge in [0.15, 0.2) is 11.2 Å². The second kappa shape index (κ2) is 11.0. The number of carboxylic acids is 1. The van der Waals surface area contributed by atoms with Gasteiger partial charge in [0, 0.05) is 12.1 Å². The summed E-state index contributed by atoms with van der Waals surface area (Å²) in [6.07, 6.45) is 1.70. The number of benzene rings is 3. The molecule has 0 fully saturated rings. The number of oxazole rings is 2. The van der Waals surface area contributed by atoms with Crippen molar-refractivity contribution in [3.8, 4) is 17.2 Å². The molecular formula is C32H33N3O5. The molecule has 3 aromatic carbocycles. The molecule has 0 saturated heterocycles. The van der Waals surface area contributed by atoms with E-state index in [1.165, 1.54) is 0 Å². The molecule has 0 radical (unpaired) electrons. The van der Waals surface area contributed by atoms with Crippen molar-refractivity contribution in [2.75, 3.05) is 0 Å². The lowest BCUT2D eigenvalue weighted by molar-refractivity contribution is -0.152. The minimum Gasteiger partial charge on any atom is -0.478 e. The average Bonchev–Trinajstić information content (AvgIpc) is 3.58. The Hall–Kier alpha value is -4.43. The normalized spacial score (nSPS) is 12.7. The van der Waals surface area contributed by atoms with Crippen LogP contribution in [0.15, 0.2) is 81.8 Å². The smallest absolute Gasteiger partial charge is 0.347 e. The average molecular weight is 540 g/mol. The lowest BCUT2D eigenvalue weighted by Gasteiger charge is -2.28. The maximum Gasteiger partial charge on any atom is 0.347 e. The number of ether oxygens (including phenoxy) is 1. The highest BCUT2D eigenvalue weighted by atomic mass is 16.5. The van der Waals surface area contributed by atoms with Gasteiger partial charge in [-0.05, 0) is 75.6 Å². The maximum atomic E-state index is 11.6. The van der Waals surface area contributed by atoms with Crippen LogP contribution in [0.25, 0.3) is 22.6 Å². The number of aliphatic carboxylic acids is 1. The first-order valence-electron chi connectivity index (χ1n) is 13.2. The number of aryl methyl sites for hydroxylation is 2. The van der Waals surface area contributed by atoms with Crippen LogP contribution in [0.5, 0.6) is 5.75 Å². The molecule has 0 saturated carbocycles. The van der Waals surface area contributed by atoms with E-state index < -0.39 is 11.6 Å². The summed E-state index contributed by atoms with van der Waals surface area (Å²) in [5.74, 6) is 0.741. The molecule has 0 bridgehead atoms. The van der Waals surface area contributed by atoms with Gasteiger partial charge in [-0.15, -0.1) is 0 Å². The van der Waals surface area contributed by atoms with Crippen molar-refractivity contribution in [2.45, 2.75) is 59.4 Å². The number of carbonyl (C=O) groups is 1. The zero-order valence-electron chi connectivity index (χ0n) is 23.3. The number of para-hydroxylation sites is 2. The van der Waals surface area contributed by atoms with Crippen molar-refractivity contribution in [3.63, 3.8) is 0 Å². The third-order valence-corrected chi connectivity index (χ3v) is 6.97. The molecule has 206 valence electrons. The third kappa shape index (κ3) is 5.77. The summed E-state index contributed by atoms with van der Waals surface area (Å²) in [6.45, 7) is 10.1. The van der Waals surface area contributed by atoms with E-state index in [2.05, 4.69) is 11.8 Å². The number of carboxylic acid groups (broad SMARTS) is 1. The predicted molar refractivity (Wildman–Crippen MR) is 152 cm³/mol. The van der Waals surface area contributed by atoms with Gasteiger partial charge < -0.3 is 18.7 Å². The summed E-state index contributed by atoms with van der Waals surface area (Å²) in [5.41, 5.74) is 4.71. The number of nitrogens with zero attached hydrogens (tertiary/aromatic N) is 3. The fourth-order valence-corrected chi connectivity index (χ4v) is 4.70. The Morgan fingerprint density at radius 1 is 1.00 bits per heavy atom. The van der Waals surface area contributed by atoms with E-state index in [9.17, 15) is 9.90 Å². The highest BCUT2D eigenvalue weighted by molar-refractivity contribution is 5.77. The zero-order valence-corrected chi connectivity index (χ0v) is 23.3. The Morgan fingerprint density at radius 2 is 1.68 bits per heavy atom. The third-order valence-electron chi connectivity index (χ3n) is 6.97. The van der Waals surface area contributed by atoms with Gasteiger partial charge >= 0.3 is 5.97 Å². The van der Waals surface area contributed by atoms with Crippen molar-refractivity contribution in [1.82, 2.24) is 14.9 Å². The molecule has 1 unspecified atom stereocenters. The molecule has 0 aliphatic rings. The van der Waals surface area contributed by atoms with Crippen LogP contribution in [0.3, 0.4) is 0 Å². The summed E-state index contributed by atoms with van der Waals surface area (Å²) in [7, 11) is 0. The summed E-state index contributed by atoms with van der Waals surface area (Å²) in [6, 6.07) is 21.5. The Morgan fingerprint density at radius 3 is 2.35 bits per heavy atom. The molecule has 0 spiro atoms. The summed E-state index contributed by atoms with van der Waals surface area (Å²) in [5, 5.41) is 9.53. The summed E-state index contributed by atoms with van der Waals surface area (Å²) >= 11 is 0. The molecule has 5 aromatic rings. The fourth-order valence-electron chi connectivity index (χ4n) is 4.70. The molecule has 1 atom stereocenters. The summed E-state index contributed by atoms with van der Waals surface area (Å²) in [4.78, 5) is 23.4. The van der Waals surface area contributed by atoms with E-state index in [-0.39, 0.29) is 6.04 Å². The predicted octanol–water partition coefficient (Wildman–Crippen LogP) is 7.11. The molecule has 0 aliphatic heterocycles. The van der Waals surface area contributed by atoms with E-state index in [0.29, 0.717) is 30.6 Å². The molecule has 5 rings (SSSR count). The number of rotatable bonds is 10. The second-order valence-corrected chi connectivity index (χ2v) is 10.6. The van der Waals surface area contributed by atoms with Crippen LogP contribution in [0.1, 0.15) is 55.1 Å². The van der Waals surface area contributed by atoms with Gasteiger partial charge in [-0.25, -0.2) is 14.8 Å². The Bertz CT molecular complexity index is 1580. The van der Waals surface area contributed by atoms with Crippen molar-refractivity contribution in [2.24, 2.45) is 0 Å². The van der Waals surface area contributed by atoms with Crippen molar-refractivity contribution >= 4 is 17.1 Å². The highest BCUT2D eigenvalue weighted by Crippen LogP contribution is 2.32. The standard InChI is InChI=1S/C32H33N3O5/c1-20-15-23(16-21(2)29(20)40-32(4,5)31(36)37)17-35(18-28-33-25-13-9-10-14-27(25)39-28)22(3)26-19-38-30(34-26)24-11-7-6-8-12-24/h6-16,19,22H,17-18H2,1-5H3,(H,36,37). The molecular weight excluding hydrogens is 506 g/mol. The van der Waals surface area contributed by atoms with Crippen LogP contribution >= 0.6 is 0 Å². The zero-order chi connectivity index (χ0) is 28.4. The molecule has 0 amide bonds. The first-order chi connectivity index (χ1) is 19.1. The molecule has 8 heteroatoms. The monoisotopic (exact) mass is 539 g/mol. The minimum absolute atomic E-state index is 0.126. The van der Waals surface area contributed by atoms with Crippen LogP contribution in [-0.2, 0) is 17.9 Å². The van der Waals surface area contributed by atoms with Gasteiger partial charge in [0.25, 0.3) is 0 Å². The lowest BCUT2D eigenvalue weighted by atomic mass is 10.0. The second-order valence-electron chi connectivity index (χ2n) is 10.6. The SMILES string of the molecule is Cc1cc(CN(Cc2nc3ccccc3o2)C(C)c2coc(-c3ccccc3)n2)cc(C)c1OC(C)(C)C(=O)O. The number of fused-ring (bicyclic) bond motifs is 1. The molecule has 2 aromatic heterocycles. The van der Waals surface area contributed by atoms with Gasteiger partial charge in [0.05, 0.1) is 18.3 Å². The van der Waals surface area contributed by atoms with Crippen LogP contribution < -0.4 is 4.74 Å². The minimum atomic E-state index is -1.34. The number of hydrogen-bond donors (Lipinski definition) is 1. The Balaban J connectivity index is 1.45. The molecule has 1 N–H and O–H groups in total. The van der Waals surface area contributed by atoms with Gasteiger partial charge in [0.1, 0.15) is 17.5 Å². The lowest BCUT2D eigenvalue weighted by Crippen LogP contribution is -2.38. The molecule has 0 aliphatic carbocycles. The van der Waals surface area contributed by atoms with Gasteiger partial charge in [-0.1, -0.05) is 42.5 Å². The van der Waals surface area contributed by atoms with Crippen LogP contribution in [-0.4, -0.2) is 31.5 Å². The van der Waals surface area contributed by atoms with Crippen molar-refractivity contribution in [1.29, 1.82) is 0 Å². The Kier molecular flexibility index (Phi) is 7.45. The van der Waals surface area contributed by atoms with Crippen LogP contribution in [0.2, 0.25) is 0 Å². The van der Waals surface area contributed by atoms with E-state index >= 15 is 0 Å². The number of hydrogen-bond acceptors (Lipinski definition) is 7. The van der Waals surface area contributed by atoms with E-state index in [0.717, 1.165) is 39.0 Å². The van der Waals surface area contributed by atoms with E-state index in [4.69, 9.17) is 23.5 Å². The van der Waals surface area contributed by atoms with Crippen molar-refractivity contribution in [3.05, 3.63) is 101 Å². The fraction of sp³-hybridized carbons (Fsp3) is 0.281. The van der Waals surface area contributed by atoms with Crippen LogP contribution in [0.4, 0.5) is 0 Å². The topological polar surface area (TPSA) is 102 Å².